The standard InChI is InChI=1S/C39H29NS/c1-39(2)31-17-8-6-15-29(31)38-32(39)18-11-20-34(38)40-33-19-9-7-14-27(33)26-22-23-30-36(24-26)41-35-21-10-16-28(37(30)35)25-12-4-3-5-13-25/h3-24,40H,1-2H3. The Morgan fingerprint density at radius 2 is 1.20 bits per heavy atom. The molecule has 0 fully saturated rings. The van der Waals surface area contributed by atoms with E-state index in [2.05, 4.69) is 153 Å². The van der Waals surface area contributed by atoms with Gasteiger partial charge in [0.15, 0.2) is 0 Å². The summed E-state index contributed by atoms with van der Waals surface area (Å²) in [5.41, 5.74) is 12.7. The molecule has 0 saturated heterocycles. The zero-order chi connectivity index (χ0) is 27.6. The van der Waals surface area contributed by atoms with Gasteiger partial charge in [0.05, 0.1) is 0 Å². The maximum atomic E-state index is 3.86. The van der Waals surface area contributed by atoms with Crippen molar-refractivity contribution in [2.45, 2.75) is 19.3 Å². The largest absolute Gasteiger partial charge is 0.355 e. The minimum absolute atomic E-state index is 0.0199. The van der Waals surface area contributed by atoms with Crippen LogP contribution in [0.3, 0.4) is 0 Å². The van der Waals surface area contributed by atoms with Crippen molar-refractivity contribution in [3.05, 3.63) is 145 Å². The highest BCUT2D eigenvalue weighted by Crippen LogP contribution is 2.52. The molecule has 6 aromatic carbocycles. The summed E-state index contributed by atoms with van der Waals surface area (Å²) in [6, 6.07) is 48.6. The molecule has 1 aliphatic rings. The number of benzene rings is 6. The Bertz CT molecular complexity index is 2100. The molecule has 1 heterocycles. The van der Waals surface area contributed by atoms with E-state index in [9.17, 15) is 0 Å². The molecule has 8 rings (SSSR count). The summed E-state index contributed by atoms with van der Waals surface area (Å²) in [7, 11) is 0. The molecule has 41 heavy (non-hydrogen) atoms. The molecular weight excluding hydrogens is 515 g/mol. The first-order valence-corrected chi connectivity index (χ1v) is 15.0. The van der Waals surface area contributed by atoms with Gasteiger partial charge in [0.2, 0.25) is 0 Å². The lowest BCUT2D eigenvalue weighted by molar-refractivity contribution is 0.660. The molecule has 0 unspecified atom stereocenters. The van der Waals surface area contributed by atoms with Crippen molar-refractivity contribution < 1.29 is 0 Å². The topological polar surface area (TPSA) is 12.0 Å². The van der Waals surface area contributed by atoms with Gasteiger partial charge in [-0.15, -0.1) is 11.3 Å². The molecule has 1 N–H and O–H groups in total. The van der Waals surface area contributed by atoms with Crippen LogP contribution in [0.5, 0.6) is 0 Å². The number of hydrogen-bond acceptors (Lipinski definition) is 2. The van der Waals surface area contributed by atoms with Crippen LogP contribution in [0, 0.1) is 0 Å². The van der Waals surface area contributed by atoms with Crippen LogP contribution in [-0.2, 0) is 5.41 Å². The molecule has 196 valence electrons. The van der Waals surface area contributed by atoms with Crippen LogP contribution in [0.1, 0.15) is 25.0 Å². The van der Waals surface area contributed by atoms with Gasteiger partial charge >= 0.3 is 0 Å². The van der Waals surface area contributed by atoms with Crippen LogP contribution < -0.4 is 5.32 Å². The van der Waals surface area contributed by atoms with E-state index < -0.39 is 0 Å². The van der Waals surface area contributed by atoms with Crippen LogP contribution in [0.15, 0.2) is 133 Å². The molecule has 0 aliphatic heterocycles. The molecule has 1 aliphatic carbocycles. The van der Waals surface area contributed by atoms with Crippen molar-refractivity contribution in [2.75, 3.05) is 5.32 Å². The van der Waals surface area contributed by atoms with Gasteiger partial charge in [-0.1, -0.05) is 123 Å². The number of nitrogens with one attached hydrogen (secondary N) is 1. The lowest BCUT2D eigenvalue weighted by atomic mass is 9.82. The molecule has 0 bridgehead atoms. The first-order chi connectivity index (χ1) is 20.1. The monoisotopic (exact) mass is 543 g/mol. The second-order valence-electron chi connectivity index (χ2n) is 11.4. The van der Waals surface area contributed by atoms with Gasteiger partial charge in [-0.2, -0.15) is 0 Å². The molecule has 0 saturated carbocycles. The van der Waals surface area contributed by atoms with Crippen LogP contribution in [0.25, 0.3) is 53.6 Å². The average molecular weight is 544 g/mol. The predicted octanol–water partition coefficient (Wildman–Crippen LogP) is 11.4. The summed E-state index contributed by atoms with van der Waals surface area (Å²) in [4.78, 5) is 0. The van der Waals surface area contributed by atoms with Crippen molar-refractivity contribution in [2.24, 2.45) is 0 Å². The van der Waals surface area contributed by atoms with Crippen LogP contribution in [0.2, 0.25) is 0 Å². The van der Waals surface area contributed by atoms with E-state index in [4.69, 9.17) is 0 Å². The Morgan fingerprint density at radius 1 is 0.512 bits per heavy atom. The van der Waals surface area contributed by atoms with E-state index in [1.54, 1.807) is 0 Å². The highest BCUT2D eigenvalue weighted by molar-refractivity contribution is 7.26. The zero-order valence-electron chi connectivity index (χ0n) is 23.1. The first-order valence-electron chi connectivity index (χ1n) is 14.2. The number of thiophene rings is 1. The van der Waals surface area contributed by atoms with E-state index in [0.717, 1.165) is 11.4 Å². The lowest BCUT2D eigenvalue weighted by Gasteiger charge is -2.22. The molecule has 1 aromatic heterocycles. The Labute approximate surface area is 244 Å². The number of fused-ring (bicyclic) bond motifs is 6. The molecule has 0 amide bonds. The first kappa shape index (κ1) is 24.2. The van der Waals surface area contributed by atoms with Crippen molar-refractivity contribution in [3.8, 4) is 33.4 Å². The van der Waals surface area contributed by atoms with E-state index in [1.165, 1.54) is 64.7 Å². The summed E-state index contributed by atoms with van der Waals surface area (Å²) in [6.45, 7) is 4.66. The molecule has 0 spiro atoms. The van der Waals surface area contributed by atoms with Crippen LogP contribution >= 0.6 is 11.3 Å². The van der Waals surface area contributed by atoms with E-state index in [-0.39, 0.29) is 5.41 Å². The number of hydrogen-bond donors (Lipinski definition) is 1. The molecule has 1 nitrogen and oxygen atoms in total. The third-order valence-corrected chi connectivity index (χ3v) is 9.81. The quantitative estimate of drug-likeness (QED) is 0.233. The van der Waals surface area contributed by atoms with Crippen molar-refractivity contribution in [3.63, 3.8) is 0 Å². The fraction of sp³-hybridized carbons (Fsp3) is 0.0769. The Balaban J connectivity index is 1.24. The Hall–Kier alpha value is -4.66. The van der Waals surface area contributed by atoms with E-state index in [0.29, 0.717) is 0 Å². The SMILES string of the molecule is CC1(C)c2ccccc2-c2c(Nc3ccccc3-c3ccc4c(c3)sc3cccc(-c5ccccc5)c34)cccc21. The van der Waals surface area contributed by atoms with Gasteiger partial charge in [-0.05, 0) is 57.6 Å². The summed E-state index contributed by atoms with van der Waals surface area (Å²) in [6.07, 6.45) is 0. The number of para-hydroxylation sites is 1. The second kappa shape index (κ2) is 9.19. The third kappa shape index (κ3) is 3.75. The summed E-state index contributed by atoms with van der Waals surface area (Å²) in [5, 5.41) is 6.52. The summed E-state index contributed by atoms with van der Waals surface area (Å²) in [5.74, 6) is 0. The van der Waals surface area contributed by atoms with Gasteiger partial charge in [-0.25, -0.2) is 0 Å². The highest BCUT2D eigenvalue weighted by atomic mass is 32.1. The molecule has 0 radical (unpaired) electrons. The van der Waals surface area contributed by atoms with E-state index in [1.807, 2.05) is 11.3 Å². The fourth-order valence-electron chi connectivity index (χ4n) is 6.70. The minimum Gasteiger partial charge on any atom is -0.355 e. The molecular formula is C39H29NS. The fourth-order valence-corrected chi connectivity index (χ4v) is 7.87. The van der Waals surface area contributed by atoms with Crippen LogP contribution in [-0.4, -0.2) is 0 Å². The maximum absolute atomic E-state index is 3.86. The number of anilines is 2. The van der Waals surface area contributed by atoms with Gasteiger partial charge in [0.25, 0.3) is 0 Å². The summed E-state index contributed by atoms with van der Waals surface area (Å²) >= 11 is 1.88. The summed E-state index contributed by atoms with van der Waals surface area (Å²) < 4.78 is 2.64. The predicted molar refractivity (Wildman–Crippen MR) is 177 cm³/mol. The van der Waals surface area contributed by atoms with Gasteiger partial charge in [0, 0.05) is 48.1 Å². The van der Waals surface area contributed by atoms with Crippen molar-refractivity contribution in [1.82, 2.24) is 0 Å². The second-order valence-corrected chi connectivity index (χ2v) is 12.5. The highest BCUT2D eigenvalue weighted by Gasteiger charge is 2.36. The van der Waals surface area contributed by atoms with Gasteiger partial charge in [0.1, 0.15) is 0 Å². The van der Waals surface area contributed by atoms with Gasteiger partial charge < -0.3 is 5.32 Å². The Morgan fingerprint density at radius 3 is 2.07 bits per heavy atom. The van der Waals surface area contributed by atoms with Crippen molar-refractivity contribution in [1.29, 1.82) is 0 Å². The van der Waals surface area contributed by atoms with E-state index >= 15 is 0 Å². The van der Waals surface area contributed by atoms with Gasteiger partial charge in [-0.3, -0.25) is 0 Å². The third-order valence-electron chi connectivity index (χ3n) is 8.70. The molecule has 0 atom stereocenters. The Kier molecular flexibility index (Phi) is 5.42. The molecule has 7 aromatic rings. The van der Waals surface area contributed by atoms with Crippen molar-refractivity contribution >= 4 is 42.9 Å². The van der Waals surface area contributed by atoms with Crippen LogP contribution in [0.4, 0.5) is 11.4 Å². The smallest absolute Gasteiger partial charge is 0.0467 e. The average Bonchev–Trinajstić information content (AvgIpc) is 3.50. The number of rotatable bonds is 4. The normalized spacial score (nSPS) is 13.3. The maximum Gasteiger partial charge on any atom is 0.0467 e. The minimum atomic E-state index is -0.0199. The lowest BCUT2D eigenvalue weighted by Crippen LogP contribution is -2.14. The molecule has 2 heteroatoms. The zero-order valence-corrected chi connectivity index (χ0v) is 23.9.